The maximum Gasteiger partial charge on any atom is 0.573 e. The predicted molar refractivity (Wildman–Crippen MR) is 139 cm³/mol. The Kier molecular flexibility index (Phi) is 9.98. The van der Waals surface area contributed by atoms with E-state index in [0.29, 0.717) is 32.6 Å². The van der Waals surface area contributed by atoms with Crippen molar-refractivity contribution in [3.8, 4) is 11.8 Å². The summed E-state index contributed by atoms with van der Waals surface area (Å²) in [6.45, 7) is 7.25. The van der Waals surface area contributed by atoms with Crippen molar-refractivity contribution in [3.63, 3.8) is 0 Å². The minimum atomic E-state index is -4.83. The number of carbonyl (C=O) groups excluding carboxylic acids is 2. The van der Waals surface area contributed by atoms with Crippen LogP contribution in [-0.2, 0) is 16.1 Å². The number of para-hydroxylation sites is 1. The van der Waals surface area contributed by atoms with E-state index in [1.807, 2.05) is 6.07 Å². The molecule has 0 aliphatic carbocycles. The van der Waals surface area contributed by atoms with Gasteiger partial charge in [-0.15, -0.1) is 13.2 Å². The molecular formula is C26H32F3N7O4. The van der Waals surface area contributed by atoms with Gasteiger partial charge in [0.2, 0.25) is 11.9 Å². The molecule has 216 valence electrons. The van der Waals surface area contributed by atoms with Gasteiger partial charge in [-0.3, -0.25) is 4.79 Å². The Bertz CT molecular complexity index is 1230. The minimum absolute atomic E-state index is 0.0641. The lowest BCUT2D eigenvalue weighted by Crippen LogP contribution is -2.40. The topological polar surface area (TPSA) is 133 Å². The monoisotopic (exact) mass is 563 g/mol. The van der Waals surface area contributed by atoms with Crippen LogP contribution in [0.2, 0.25) is 0 Å². The van der Waals surface area contributed by atoms with Crippen LogP contribution in [0.15, 0.2) is 30.5 Å². The molecule has 3 rings (SSSR count). The van der Waals surface area contributed by atoms with Gasteiger partial charge in [0, 0.05) is 51.3 Å². The molecule has 1 aromatic carbocycles. The Balaban J connectivity index is 1.54. The quantitative estimate of drug-likeness (QED) is 0.486. The summed E-state index contributed by atoms with van der Waals surface area (Å²) in [7, 11) is 0. The highest BCUT2D eigenvalue weighted by Gasteiger charge is 2.32. The van der Waals surface area contributed by atoms with Crippen LogP contribution in [0.5, 0.6) is 5.75 Å². The summed E-state index contributed by atoms with van der Waals surface area (Å²) in [6.07, 6.45) is -3.23. The zero-order chi connectivity index (χ0) is 29.3. The molecule has 1 fully saturated rings. The number of nitrogens with one attached hydrogen (secondary N) is 2. The molecule has 1 aliphatic rings. The van der Waals surface area contributed by atoms with Crippen molar-refractivity contribution in [3.05, 3.63) is 41.6 Å². The number of anilines is 2. The lowest BCUT2D eigenvalue weighted by molar-refractivity contribution is -0.274. The van der Waals surface area contributed by atoms with E-state index in [-0.39, 0.29) is 54.1 Å². The molecule has 0 radical (unpaired) electrons. The van der Waals surface area contributed by atoms with Gasteiger partial charge in [0.15, 0.2) is 0 Å². The molecule has 1 aromatic heterocycles. The summed E-state index contributed by atoms with van der Waals surface area (Å²) in [5, 5.41) is 15.2. The maximum absolute atomic E-state index is 12.8. The first-order valence-corrected chi connectivity index (χ1v) is 12.7. The highest BCUT2D eigenvalue weighted by atomic mass is 19.4. The first kappa shape index (κ1) is 30.3. The molecule has 2 amide bonds. The second-order valence-electron chi connectivity index (χ2n) is 9.96. The molecule has 0 spiro atoms. The van der Waals surface area contributed by atoms with Crippen molar-refractivity contribution < 1.29 is 32.2 Å². The number of benzene rings is 1. The molecule has 40 heavy (non-hydrogen) atoms. The molecule has 0 bridgehead atoms. The fraction of sp³-hybridized carbons (Fsp3) is 0.500. The van der Waals surface area contributed by atoms with E-state index in [2.05, 4.69) is 25.3 Å². The molecule has 0 unspecified atom stereocenters. The number of ether oxygens (including phenoxy) is 2. The zero-order valence-corrected chi connectivity index (χ0v) is 22.5. The SMILES string of the molecule is CC(C)(C)OC(=O)N1CCCN(C(=O)CCNc2nc(NCc3ccccc3OC(F)(F)F)ncc2C#N)CC1. The number of nitriles is 1. The fourth-order valence-corrected chi connectivity index (χ4v) is 3.85. The number of rotatable bonds is 8. The first-order valence-electron chi connectivity index (χ1n) is 12.7. The molecule has 1 saturated heterocycles. The van der Waals surface area contributed by atoms with Crippen molar-refractivity contribution in [1.82, 2.24) is 19.8 Å². The van der Waals surface area contributed by atoms with Gasteiger partial charge < -0.3 is 29.9 Å². The third-order valence-electron chi connectivity index (χ3n) is 5.68. The van der Waals surface area contributed by atoms with Crippen LogP contribution in [0.1, 0.15) is 44.7 Å². The van der Waals surface area contributed by atoms with Crippen LogP contribution in [0.25, 0.3) is 0 Å². The van der Waals surface area contributed by atoms with Gasteiger partial charge in [-0.1, -0.05) is 18.2 Å². The Morgan fingerprint density at radius 1 is 1.07 bits per heavy atom. The zero-order valence-electron chi connectivity index (χ0n) is 22.5. The summed E-state index contributed by atoms with van der Waals surface area (Å²) >= 11 is 0. The molecule has 2 N–H and O–H groups in total. The smallest absolute Gasteiger partial charge is 0.444 e. The Morgan fingerprint density at radius 2 is 1.77 bits per heavy atom. The predicted octanol–water partition coefficient (Wildman–Crippen LogP) is 4.13. The van der Waals surface area contributed by atoms with Gasteiger partial charge in [-0.25, -0.2) is 9.78 Å². The Labute approximate surface area is 230 Å². The van der Waals surface area contributed by atoms with E-state index in [4.69, 9.17) is 4.74 Å². The van der Waals surface area contributed by atoms with Crippen LogP contribution in [0.3, 0.4) is 0 Å². The molecule has 2 aromatic rings. The minimum Gasteiger partial charge on any atom is -0.444 e. The van der Waals surface area contributed by atoms with E-state index in [0.717, 1.165) is 0 Å². The highest BCUT2D eigenvalue weighted by molar-refractivity contribution is 5.77. The van der Waals surface area contributed by atoms with Crippen molar-refractivity contribution in [2.24, 2.45) is 0 Å². The van der Waals surface area contributed by atoms with Crippen LogP contribution < -0.4 is 15.4 Å². The van der Waals surface area contributed by atoms with Gasteiger partial charge in [0.1, 0.15) is 28.8 Å². The van der Waals surface area contributed by atoms with Crippen molar-refractivity contribution in [1.29, 1.82) is 5.26 Å². The van der Waals surface area contributed by atoms with E-state index in [1.165, 1.54) is 24.4 Å². The fourth-order valence-electron chi connectivity index (χ4n) is 3.85. The Hall–Kier alpha value is -4.28. The second kappa shape index (κ2) is 13.2. The summed E-state index contributed by atoms with van der Waals surface area (Å²) in [5.74, 6) is -0.217. The molecule has 0 saturated carbocycles. The number of alkyl halides is 3. The number of nitrogens with zero attached hydrogens (tertiary/aromatic N) is 5. The number of carbonyl (C=O) groups is 2. The number of halogens is 3. The largest absolute Gasteiger partial charge is 0.573 e. The van der Waals surface area contributed by atoms with Gasteiger partial charge in [0.25, 0.3) is 0 Å². The third kappa shape index (κ3) is 9.48. The Morgan fingerprint density at radius 3 is 2.48 bits per heavy atom. The van der Waals surface area contributed by atoms with Crippen LogP contribution in [0.4, 0.5) is 29.7 Å². The number of hydrogen-bond acceptors (Lipinski definition) is 9. The van der Waals surface area contributed by atoms with Crippen molar-refractivity contribution in [2.45, 2.75) is 52.1 Å². The molecule has 0 atom stereocenters. The van der Waals surface area contributed by atoms with E-state index >= 15 is 0 Å². The average Bonchev–Trinajstić information content (AvgIpc) is 3.13. The van der Waals surface area contributed by atoms with Gasteiger partial charge >= 0.3 is 12.5 Å². The van der Waals surface area contributed by atoms with Crippen molar-refractivity contribution >= 4 is 23.8 Å². The number of hydrogen-bond donors (Lipinski definition) is 2. The molecule has 2 heterocycles. The standard InChI is InChI=1S/C26H32F3N7O4/c1-25(2,3)40-24(38)36-12-6-11-35(13-14-36)21(37)9-10-31-22-19(15-30)17-33-23(34-22)32-16-18-7-4-5-8-20(18)39-26(27,28)29/h4-5,7-8,17H,6,9-14,16H2,1-3H3,(H2,31,32,33,34). The third-order valence-corrected chi connectivity index (χ3v) is 5.68. The van der Waals surface area contributed by atoms with Gasteiger partial charge in [0.05, 0.1) is 6.20 Å². The second-order valence-corrected chi connectivity index (χ2v) is 9.96. The molecule has 14 heteroatoms. The maximum atomic E-state index is 12.8. The van der Waals surface area contributed by atoms with Crippen LogP contribution in [-0.4, -0.2) is 76.5 Å². The van der Waals surface area contributed by atoms with Gasteiger partial charge in [-0.05, 0) is 33.3 Å². The van der Waals surface area contributed by atoms with Crippen LogP contribution in [0, 0.1) is 11.3 Å². The van der Waals surface area contributed by atoms with Crippen LogP contribution >= 0.6 is 0 Å². The molecule has 1 aliphatic heterocycles. The molecular weight excluding hydrogens is 531 g/mol. The highest BCUT2D eigenvalue weighted by Crippen LogP contribution is 2.26. The summed E-state index contributed by atoms with van der Waals surface area (Å²) in [5.41, 5.74) is -0.230. The number of aromatic nitrogens is 2. The van der Waals surface area contributed by atoms with Gasteiger partial charge in [-0.2, -0.15) is 10.2 Å². The van der Waals surface area contributed by atoms with E-state index in [1.54, 1.807) is 36.6 Å². The normalized spacial score (nSPS) is 14.1. The first-order chi connectivity index (χ1) is 18.8. The summed E-state index contributed by atoms with van der Waals surface area (Å²) in [6, 6.07) is 7.64. The average molecular weight is 564 g/mol. The van der Waals surface area contributed by atoms with E-state index in [9.17, 15) is 28.0 Å². The van der Waals surface area contributed by atoms with E-state index < -0.39 is 18.1 Å². The number of amides is 2. The summed E-state index contributed by atoms with van der Waals surface area (Å²) < 4.78 is 47.5. The lowest BCUT2D eigenvalue weighted by atomic mass is 10.2. The molecule has 11 nitrogen and oxygen atoms in total. The lowest BCUT2D eigenvalue weighted by Gasteiger charge is -2.26. The summed E-state index contributed by atoms with van der Waals surface area (Å²) in [4.78, 5) is 36.7. The van der Waals surface area contributed by atoms with Crippen molar-refractivity contribution in [2.75, 3.05) is 43.4 Å².